The fourth-order valence-corrected chi connectivity index (χ4v) is 2.11. The van der Waals surface area contributed by atoms with Crippen LogP contribution in [0.15, 0.2) is 18.2 Å². The topological polar surface area (TPSA) is 61.8 Å². The van der Waals surface area contributed by atoms with Crippen LogP contribution in [0.2, 0.25) is 0 Å². The predicted octanol–water partition coefficient (Wildman–Crippen LogP) is 0.835. The van der Waals surface area contributed by atoms with Gasteiger partial charge in [-0.1, -0.05) is 0 Å². The molecule has 1 amide bonds. The van der Waals surface area contributed by atoms with Crippen LogP contribution in [0.25, 0.3) is 0 Å². The smallest absolute Gasteiger partial charge is 0.258 e. The molecule has 98 valence electrons. The highest BCUT2D eigenvalue weighted by molar-refractivity contribution is 5.97. The lowest BCUT2D eigenvalue weighted by molar-refractivity contribution is 0.0652. The molecule has 5 heteroatoms. The average molecular weight is 250 g/mol. The monoisotopic (exact) mass is 250 g/mol. The Labute approximate surface area is 106 Å². The van der Waals surface area contributed by atoms with Crippen LogP contribution in [0.5, 0.6) is 11.5 Å². The Morgan fingerprint density at radius 1 is 1.56 bits per heavy atom. The molecule has 1 aromatic carbocycles. The summed E-state index contributed by atoms with van der Waals surface area (Å²) in [6.45, 7) is 4.19. The number of carbonyl (C=O) groups excluding carboxylic acids is 1. The second kappa shape index (κ2) is 5.27. The molecule has 1 saturated heterocycles. The molecule has 1 aromatic rings. The zero-order chi connectivity index (χ0) is 13.1. The molecule has 2 rings (SSSR count). The fraction of sp³-hybridized carbons (Fsp3) is 0.462. The molecule has 0 aromatic heterocycles. The molecule has 0 radical (unpaired) electrons. The van der Waals surface area contributed by atoms with Crippen molar-refractivity contribution in [3.8, 4) is 11.5 Å². The number of carbonyl (C=O) groups is 1. The summed E-state index contributed by atoms with van der Waals surface area (Å²) in [5, 5.41) is 13.0. The summed E-state index contributed by atoms with van der Waals surface area (Å²) < 4.78 is 5.08. The molecule has 1 unspecified atom stereocenters. The van der Waals surface area contributed by atoms with Crippen molar-refractivity contribution in [2.75, 3.05) is 26.7 Å². The van der Waals surface area contributed by atoms with E-state index in [-0.39, 0.29) is 17.7 Å². The molecule has 1 heterocycles. The number of nitrogens with zero attached hydrogens (tertiary/aromatic N) is 1. The van der Waals surface area contributed by atoms with Crippen molar-refractivity contribution in [3.05, 3.63) is 23.8 Å². The number of benzene rings is 1. The van der Waals surface area contributed by atoms with Gasteiger partial charge in [-0.15, -0.1) is 0 Å². The molecule has 1 atom stereocenters. The maximum absolute atomic E-state index is 12.4. The standard InChI is InChI=1S/C13H18N2O3/c1-9-8-14-5-6-15(9)13(17)11-7-10(18-2)3-4-12(11)16/h3-4,7,9,14,16H,5-6,8H2,1-2H3. The molecule has 5 nitrogen and oxygen atoms in total. The second-order valence-electron chi connectivity index (χ2n) is 4.43. The predicted molar refractivity (Wildman–Crippen MR) is 68.0 cm³/mol. The van der Waals surface area contributed by atoms with Crippen LogP contribution in [0.3, 0.4) is 0 Å². The number of methoxy groups -OCH3 is 1. The first kappa shape index (κ1) is 12.7. The highest BCUT2D eigenvalue weighted by Gasteiger charge is 2.26. The molecular weight excluding hydrogens is 232 g/mol. The van der Waals surface area contributed by atoms with Crippen molar-refractivity contribution < 1.29 is 14.6 Å². The lowest BCUT2D eigenvalue weighted by Gasteiger charge is -2.34. The minimum atomic E-state index is -0.152. The largest absolute Gasteiger partial charge is 0.507 e. The number of nitrogens with one attached hydrogen (secondary N) is 1. The lowest BCUT2D eigenvalue weighted by atomic mass is 10.1. The van der Waals surface area contributed by atoms with E-state index in [4.69, 9.17) is 4.74 Å². The maximum Gasteiger partial charge on any atom is 0.258 e. The van der Waals surface area contributed by atoms with Gasteiger partial charge in [0.1, 0.15) is 11.5 Å². The van der Waals surface area contributed by atoms with Crippen molar-refractivity contribution in [2.24, 2.45) is 0 Å². The Bertz CT molecular complexity index is 448. The minimum Gasteiger partial charge on any atom is -0.507 e. The Kier molecular flexibility index (Phi) is 3.72. The molecule has 1 aliphatic heterocycles. The fourth-order valence-electron chi connectivity index (χ4n) is 2.11. The van der Waals surface area contributed by atoms with Gasteiger partial charge >= 0.3 is 0 Å². The van der Waals surface area contributed by atoms with Gasteiger partial charge in [-0.2, -0.15) is 0 Å². The normalized spacial score (nSPS) is 19.7. The number of hydrogen-bond donors (Lipinski definition) is 2. The third kappa shape index (κ3) is 2.41. The molecule has 0 bridgehead atoms. The highest BCUT2D eigenvalue weighted by Crippen LogP contribution is 2.25. The van der Waals surface area contributed by atoms with Gasteiger partial charge in [0.15, 0.2) is 0 Å². The van der Waals surface area contributed by atoms with Crippen LogP contribution < -0.4 is 10.1 Å². The molecule has 0 saturated carbocycles. The number of phenols is 1. The third-order valence-corrected chi connectivity index (χ3v) is 3.20. The number of aromatic hydroxyl groups is 1. The summed E-state index contributed by atoms with van der Waals surface area (Å²) in [6.07, 6.45) is 0. The molecular formula is C13H18N2O3. The lowest BCUT2D eigenvalue weighted by Crippen LogP contribution is -2.52. The van der Waals surface area contributed by atoms with Crippen molar-refractivity contribution in [2.45, 2.75) is 13.0 Å². The van der Waals surface area contributed by atoms with Gasteiger partial charge < -0.3 is 20.1 Å². The number of hydrogen-bond acceptors (Lipinski definition) is 4. The maximum atomic E-state index is 12.4. The van der Waals surface area contributed by atoms with Gasteiger partial charge in [0.2, 0.25) is 0 Å². The third-order valence-electron chi connectivity index (χ3n) is 3.20. The van der Waals surface area contributed by atoms with Crippen molar-refractivity contribution in [3.63, 3.8) is 0 Å². The van der Waals surface area contributed by atoms with E-state index in [1.165, 1.54) is 13.2 Å². The van der Waals surface area contributed by atoms with Crippen LogP contribution in [0.1, 0.15) is 17.3 Å². The van der Waals surface area contributed by atoms with Crippen LogP contribution in [-0.2, 0) is 0 Å². The van der Waals surface area contributed by atoms with E-state index in [2.05, 4.69) is 5.32 Å². The first-order chi connectivity index (χ1) is 8.63. The summed E-state index contributed by atoms with van der Waals surface area (Å²) in [5.74, 6) is 0.408. The van der Waals surface area contributed by atoms with E-state index < -0.39 is 0 Å². The van der Waals surface area contributed by atoms with E-state index in [9.17, 15) is 9.90 Å². The van der Waals surface area contributed by atoms with Gasteiger partial charge in [-0.25, -0.2) is 0 Å². The Morgan fingerprint density at radius 3 is 3.00 bits per heavy atom. The van der Waals surface area contributed by atoms with Gasteiger partial charge in [-0.3, -0.25) is 4.79 Å². The molecule has 0 aliphatic carbocycles. The van der Waals surface area contributed by atoms with Crippen molar-refractivity contribution in [1.29, 1.82) is 0 Å². The quantitative estimate of drug-likeness (QED) is 0.816. The Balaban J connectivity index is 2.27. The first-order valence-electron chi connectivity index (χ1n) is 6.02. The van der Waals surface area contributed by atoms with Crippen LogP contribution in [-0.4, -0.2) is 48.7 Å². The zero-order valence-electron chi connectivity index (χ0n) is 10.6. The highest BCUT2D eigenvalue weighted by atomic mass is 16.5. The Morgan fingerprint density at radius 2 is 2.33 bits per heavy atom. The second-order valence-corrected chi connectivity index (χ2v) is 4.43. The SMILES string of the molecule is COc1ccc(O)c(C(=O)N2CCNCC2C)c1. The summed E-state index contributed by atoms with van der Waals surface area (Å²) in [6, 6.07) is 4.82. The molecule has 1 fully saturated rings. The van der Waals surface area contributed by atoms with E-state index in [1.54, 1.807) is 17.0 Å². The molecule has 2 N–H and O–H groups in total. The van der Waals surface area contributed by atoms with Crippen molar-refractivity contribution >= 4 is 5.91 Å². The van der Waals surface area contributed by atoms with E-state index in [0.717, 1.165) is 13.1 Å². The summed E-state index contributed by atoms with van der Waals surface area (Å²) in [4.78, 5) is 14.2. The Hall–Kier alpha value is -1.75. The molecule has 0 spiro atoms. The number of phenolic OH excluding ortho intramolecular Hbond substituents is 1. The van der Waals surface area contributed by atoms with Gasteiger partial charge in [0, 0.05) is 25.7 Å². The summed E-state index contributed by atoms with van der Waals surface area (Å²) in [7, 11) is 1.54. The van der Waals surface area contributed by atoms with Crippen LogP contribution in [0.4, 0.5) is 0 Å². The van der Waals surface area contributed by atoms with E-state index in [1.807, 2.05) is 6.92 Å². The molecule has 1 aliphatic rings. The van der Waals surface area contributed by atoms with E-state index >= 15 is 0 Å². The minimum absolute atomic E-state index is 0.00784. The average Bonchev–Trinajstić information content (AvgIpc) is 2.39. The number of rotatable bonds is 2. The summed E-state index contributed by atoms with van der Waals surface area (Å²) in [5.41, 5.74) is 0.295. The number of amides is 1. The van der Waals surface area contributed by atoms with E-state index in [0.29, 0.717) is 17.9 Å². The molecule has 18 heavy (non-hydrogen) atoms. The number of ether oxygens (including phenoxy) is 1. The van der Waals surface area contributed by atoms with Crippen LogP contribution >= 0.6 is 0 Å². The van der Waals surface area contributed by atoms with Gasteiger partial charge in [0.05, 0.1) is 12.7 Å². The van der Waals surface area contributed by atoms with Gasteiger partial charge in [0.25, 0.3) is 5.91 Å². The first-order valence-corrected chi connectivity index (χ1v) is 6.02. The van der Waals surface area contributed by atoms with Gasteiger partial charge in [-0.05, 0) is 25.1 Å². The summed E-state index contributed by atoms with van der Waals surface area (Å²) >= 11 is 0. The number of piperazine rings is 1. The van der Waals surface area contributed by atoms with Crippen molar-refractivity contribution in [1.82, 2.24) is 10.2 Å². The van der Waals surface area contributed by atoms with Crippen LogP contribution in [0, 0.1) is 0 Å². The zero-order valence-corrected chi connectivity index (χ0v) is 10.6.